The number of hydrogen-bond acceptors (Lipinski definition) is 8. The van der Waals surface area contributed by atoms with Crippen LogP contribution in [0.25, 0.3) is 21.6 Å². The maximum Gasteiger partial charge on any atom is 0.131 e. The van der Waals surface area contributed by atoms with Crippen LogP contribution in [0.4, 0.5) is 5.82 Å². The number of hydrogen-bond donors (Lipinski definition) is 2. The van der Waals surface area contributed by atoms with Crippen molar-refractivity contribution in [1.82, 2.24) is 19.6 Å². The molecule has 3 aromatic rings. The maximum atomic E-state index is 12.9. The number of ether oxygens (including phenoxy) is 1. The van der Waals surface area contributed by atoms with Crippen molar-refractivity contribution in [2.24, 2.45) is 0 Å². The number of aromatic amines is 1. The molecule has 1 saturated carbocycles. The minimum atomic E-state index is -2.76. The van der Waals surface area contributed by atoms with Crippen LogP contribution >= 0.6 is 11.5 Å². The Morgan fingerprint density at radius 3 is 2.83 bits per heavy atom. The third-order valence-corrected chi connectivity index (χ3v) is 8.95. The van der Waals surface area contributed by atoms with Crippen LogP contribution in [0.1, 0.15) is 31.0 Å². The van der Waals surface area contributed by atoms with E-state index in [0.717, 1.165) is 58.1 Å². The highest BCUT2D eigenvalue weighted by Crippen LogP contribution is 2.56. The fourth-order valence-electron chi connectivity index (χ4n) is 4.15. The van der Waals surface area contributed by atoms with Crippen LogP contribution in [0.3, 0.4) is 0 Å². The highest BCUT2D eigenvalue weighted by atomic mass is 32.2. The third-order valence-electron chi connectivity index (χ3n) is 5.96. The summed E-state index contributed by atoms with van der Waals surface area (Å²) >= 11 is 1.37. The predicted octanol–water partition coefficient (Wildman–Crippen LogP) is 3.28. The normalized spacial score (nSPS) is 23.3. The van der Waals surface area contributed by atoms with Crippen LogP contribution in [0.2, 0.25) is 0 Å². The molecule has 0 radical (unpaired) electrons. The first-order valence-corrected chi connectivity index (χ1v) is 12.5. The van der Waals surface area contributed by atoms with Gasteiger partial charge in [-0.3, -0.25) is 9.88 Å². The molecule has 2 unspecified atom stereocenters. The van der Waals surface area contributed by atoms with Gasteiger partial charge in [0.2, 0.25) is 0 Å². The molecule has 8 nitrogen and oxygen atoms in total. The summed E-state index contributed by atoms with van der Waals surface area (Å²) in [5.74, 6) is 0.840. The van der Waals surface area contributed by atoms with Crippen molar-refractivity contribution in [2.75, 3.05) is 30.9 Å². The van der Waals surface area contributed by atoms with Crippen LogP contribution < -0.4 is 4.90 Å². The first kappa shape index (κ1) is 19.0. The van der Waals surface area contributed by atoms with Gasteiger partial charge in [0.25, 0.3) is 0 Å². The molecule has 29 heavy (non-hydrogen) atoms. The van der Waals surface area contributed by atoms with Crippen molar-refractivity contribution in [3.05, 3.63) is 23.4 Å². The number of nitrogens with zero attached hydrogens (tertiary/aromatic N) is 4. The van der Waals surface area contributed by atoms with Gasteiger partial charge >= 0.3 is 0 Å². The summed E-state index contributed by atoms with van der Waals surface area (Å²) in [6.07, 6.45) is 3.08. The zero-order valence-electron chi connectivity index (χ0n) is 16.7. The summed E-state index contributed by atoms with van der Waals surface area (Å²) in [5.41, 5.74) is 4.19. The Labute approximate surface area is 173 Å². The number of rotatable bonds is 4. The highest BCUT2D eigenvalue weighted by Gasteiger charge is 2.53. The molecule has 154 valence electrons. The molecule has 2 atom stereocenters. The second-order valence-electron chi connectivity index (χ2n) is 8.13. The highest BCUT2D eigenvalue weighted by molar-refractivity contribution is 7.93. The van der Waals surface area contributed by atoms with Crippen molar-refractivity contribution in [3.8, 4) is 11.4 Å². The van der Waals surface area contributed by atoms with E-state index in [-0.39, 0.29) is 6.04 Å². The average molecular weight is 433 g/mol. The number of nitrogens with one attached hydrogen (secondary N) is 2. The first-order valence-electron chi connectivity index (χ1n) is 9.71. The van der Waals surface area contributed by atoms with Gasteiger partial charge in [-0.1, -0.05) is 0 Å². The Kier molecular flexibility index (Phi) is 4.24. The molecule has 1 aliphatic heterocycles. The van der Waals surface area contributed by atoms with Gasteiger partial charge < -0.3 is 9.64 Å². The molecule has 5 rings (SSSR count). The fourth-order valence-corrected chi connectivity index (χ4v) is 6.62. The van der Waals surface area contributed by atoms with Gasteiger partial charge in [-0.15, -0.1) is 0 Å². The topological polar surface area (TPSA) is 108 Å². The number of anilines is 1. The molecule has 0 spiro atoms. The van der Waals surface area contributed by atoms with Crippen molar-refractivity contribution in [1.29, 1.82) is 4.78 Å². The van der Waals surface area contributed by atoms with E-state index in [9.17, 15) is 4.21 Å². The van der Waals surface area contributed by atoms with Gasteiger partial charge in [0.05, 0.1) is 38.4 Å². The lowest BCUT2D eigenvalue weighted by Crippen LogP contribution is -2.44. The molecule has 10 heteroatoms. The Bertz CT molecular complexity index is 1190. The first-order chi connectivity index (χ1) is 13.8. The molecular weight excluding hydrogens is 408 g/mol. The van der Waals surface area contributed by atoms with Crippen molar-refractivity contribution < 1.29 is 8.95 Å². The lowest BCUT2D eigenvalue weighted by Gasteiger charge is -2.35. The fraction of sp³-hybridized carbons (Fsp3) is 0.526. The monoisotopic (exact) mass is 432 g/mol. The second kappa shape index (κ2) is 6.48. The van der Waals surface area contributed by atoms with Crippen molar-refractivity contribution in [2.45, 2.75) is 37.5 Å². The standard InChI is InChI=1S/C19H24N6O2S2/c1-11-8-14(23-22-11)16-17-18(28-24-16)13(19(4-5-19)29(3,20)26)9-15(21-17)25-6-7-27-10-12(25)2/h8-9,12,20H,4-7,10H2,1-3H3,(H,22,23). The van der Waals surface area contributed by atoms with E-state index in [1.807, 2.05) is 19.1 Å². The molecule has 1 aliphatic carbocycles. The largest absolute Gasteiger partial charge is 0.377 e. The Morgan fingerprint density at radius 2 is 2.21 bits per heavy atom. The molecule has 1 saturated heterocycles. The van der Waals surface area contributed by atoms with E-state index in [0.29, 0.717) is 13.2 Å². The van der Waals surface area contributed by atoms with Gasteiger partial charge in [-0.05, 0) is 55.9 Å². The quantitative estimate of drug-likeness (QED) is 0.655. The average Bonchev–Trinajstić information content (AvgIpc) is 3.23. The SMILES string of the molecule is Cc1cc(-c2nsc3c(C4(S(C)(=N)=O)CC4)cc(N4CCOCC4C)nc23)n[nH]1. The van der Waals surface area contributed by atoms with E-state index in [1.165, 1.54) is 11.5 Å². The number of pyridine rings is 1. The van der Waals surface area contributed by atoms with E-state index < -0.39 is 14.5 Å². The summed E-state index contributed by atoms with van der Waals surface area (Å²) in [6, 6.07) is 4.20. The zero-order valence-corrected chi connectivity index (χ0v) is 18.3. The number of aryl methyl sites for hydroxylation is 1. The molecule has 2 aliphatic rings. The summed E-state index contributed by atoms with van der Waals surface area (Å²) in [7, 11) is -2.76. The van der Waals surface area contributed by atoms with Crippen LogP contribution in [-0.2, 0) is 19.2 Å². The molecule has 4 heterocycles. The Balaban J connectivity index is 1.76. The Hall–Kier alpha value is -2.04. The summed E-state index contributed by atoms with van der Waals surface area (Å²) in [6.45, 7) is 6.13. The maximum absolute atomic E-state index is 12.9. The van der Waals surface area contributed by atoms with Crippen LogP contribution in [0, 0.1) is 11.7 Å². The second-order valence-corrected chi connectivity index (χ2v) is 11.4. The number of fused-ring (bicyclic) bond motifs is 1. The number of morpholine rings is 1. The van der Waals surface area contributed by atoms with Crippen LogP contribution in [-0.4, -0.2) is 55.8 Å². The smallest absolute Gasteiger partial charge is 0.131 e. The van der Waals surface area contributed by atoms with Crippen molar-refractivity contribution in [3.63, 3.8) is 0 Å². The lowest BCUT2D eigenvalue weighted by molar-refractivity contribution is 0.0985. The number of aromatic nitrogens is 4. The molecule has 0 bridgehead atoms. The molecule has 3 aromatic heterocycles. The molecule has 0 amide bonds. The lowest BCUT2D eigenvalue weighted by atomic mass is 10.1. The van der Waals surface area contributed by atoms with E-state index in [2.05, 4.69) is 26.4 Å². The minimum Gasteiger partial charge on any atom is -0.377 e. The van der Waals surface area contributed by atoms with Gasteiger partial charge in [0, 0.05) is 18.5 Å². The molecule has 2 N–H and O–H groups in total. The van der Waals surface area contributed by atoms with E-state index in [4.69, 9.17) is 14.5 Å². The van der Waals surface area contributed by atoms with Gasteiger partial charge in [-0.2, -0.15) is 9.47 Å². The summed E-state index contributed by atoms with van der Waals surface area (Å²) in [5, 5.41) is 7.35. The predicted molar refractivity (Wildman–Crippen MR) is 115 cm³/mol. The molecule has 0 aromatic carbocycles. The van der Waals surface area contributed by atoms with Gasteiger partial charge in [0.15, 0.2) is 0 Å². The molecular formula is C19H24N6O2S2. The Morgan fingerprint density at radius 1 is 1.41 bits per heavy atom. The number of H-pyrrole nitrogens is 1. The minimum absolute atomic E-state index is 0.196. The van der Waals surface area contributed by atoms with E-state index in [1.54, 1.807) is 6.26 Å². The summed E-state index contributed by atoms with van der Waals surface area (Å²) in [4.78, 5) is 7.23. The van der Waals surface area contributed by atoms with Crippen LogP contribution in [0.15, 0.2) is 12.1 Å². The van der Waals surface area contributed by atoms with Crippen LogP contribution in [0.5, 0.6) is 0 Å². The zero-order chi connectivity index (χ0) is 20.4. The third kappa shape index (κ3) is 2.96. The van der Waals surface area contributed by atoms with E-state index >= 15 is 0 Å². The van der Waals surface area contributed by atoms with Gasteiger partial charge in [0.1, 0.15) is 22.7 Å². The van der Waals surface area contributed by atoms with Crippen molar-refractivity contribution >= 4 is 37.3 Å². The summed E-state index contributed by atoms with van der Waals surface area (Å²) < 4.78 is 31.9. The molecule has 2 fully saturated rings. The van der Waals surface area contributed by atoms with Gasteiger partial charge in [-0.25, -0.2) is 9.19 Å².